The Morgan fingerprint density at radius 3 is 2.26 bits per heavy atom. The molecule has 0 bridgehead atoms. The molecule has 5 nitrogen and oxygen atoms in total. The third-order valence-electron chi connectivity index (χ3n) is 2.93. The topological polar surface area (TPSA) is 56.1 Å². The summed E-state index contributed by atoms with van der Waals surface area (Å²) >= 11 is 0. The first-order chi connectivity index (χ1) is 8.83. The molecule has 1 aromatic heterocycles. The van der Waals surface area contributed by atoms with Gasteiger partial charge >= 0.3 is 0 Å². The van der Waals surface area contributed by atoms with E-state index in [-0.39, 0.29) is 0 Å². The molecule has 5 heteroatoms. The molecule has 19 heavy (non-hydrogen) atoms. The number of hydrogen-bond acceptors (Lipinski definition) is 5. The van der Waals surface area contributed by atoms with Crippen molar-refractivity contribution in [3.05, 3.63) is 12.4 Å². The van der Waals surface area contributed by atoms with E-state index in [1.165, 1.54) is 0 Å². The maximum absolute atomic E-state index is 8.70. The van der Waals surface area contributed by atoms with Gasteiger partial charge in [0.1, 0.15) is 24.5 Å². The Hall–Kier alpha value is -1.83. The van der Waals surface area contributed by atoms with Crippen molar-refractivity contribution in [2.24, 2.45) is 5.41 Å². The minimum absolute atomic E-state index is 0.307. The van der Waals surface area contributed by atoms with Gasteiger partial charge in [0.15, 0.2) is 0 Å². The van der Waals surface area contributed by atoms with E-state index >= 15 is 0 Å². The fraction of sp³-hybridized carbons (Fsp3) is 0.643. The Kier molecular flexibility index (Phi) is 5.11. The lowest BCUT2D eigenvalue weighted by Crippen LogP contribution is -2.25. The molecule has 0 saturated carbocycles. The normalized spacial score (nSPS) is 10.9. The quantitative estimate of drug-likeness (QED) is 0.761. The molecule has 0 amide bonds. The van der Waals surface area contributed by atoms with Crippen LogP contribution in [0.4, 0.5) is 11.6 Å². The predicted octanol–water partition coefficient (Wildman–Crippen LogP) is 2.31. The van der Waals surface area contributed by atoms with Gasteiger partial charge in [-0.3, -0.25) is 0 Å². The SMILES string of the molecule is CN(CC#N)c1cc(N(C)CCC(C)(C)C)ncn1. The van der Waals surface area contributed by atoms with E-state index < -0.39 is 0 Å². The fourth-order valence-electron chi connectivity index (χ4n) is 1.56. The summed E-state index contributed by atoms with van der Waals surface area (Å²) in [6, 6.07) is 4.03. The summed E-state index contributed by atoms with van der Waals surface area (Å²) in [6.45, 7) is 7.96. The molecule has 104 valence electrons. The van der Waals surface area contributed by atoms with Crippen LogP contribution in [0.5, 0.6) is 0 Å². The molecule has 0 aromatic carbocycles. The third kappa shape index (κ3) is 5.12. The second-order valence-electron chi connectivity index (χ2n) is 5.98. The monoisotopic (exact) mass is 261 g/mol. The van der Waals surface area contributed by atoms with Crippen molar-refractivity contribution in [3.8, 4) is 6.07 Å². The highest BCUT2D eigenvalue weighted by atomic mass is 15.2. The van der Waals surface area contributed by atoms with Crippen LogP contribution in [0.15, 0.2) is 12.4 Å². The van der Waals surface area contributed by atoms with Crippen LogP contribution in [-0.4, -0.2) is 37.2 Å². The summed E-state index contributed by atoms with van der Waals surface area (Å²) in [5.74, 6) is 1.66. The van der Waals surface area contributed by atoms with Gasteiger partial charge in [0, 0.05) is 26.7 Å². The van der Waals surface area contributed by atoms with Crippen LogP contribution in [0, 0.1) is 16.7 Å². The molecular weight excluding hydrogens is 238 g/mol. The van der Waals surface area contributed by atoms with Crippen LogP contribution >= 0.6 is 0 Å². The van der Waals surface area contributed by atoms with Gasteiger partial charge in [0.25, 0.3) is 0 Å². The average Bonchev–Trinajstić information content (AvgIpc) is 2.35. The van der Waals surface area contributed by atoms with Crippen LogP contribution < -0.4 is 9.80 Å². The summed E-state index contributed by atoms with van der Waals surface area (Å²) < 4.78 is 0. The zero-order valence-corrected chi connectivity index (χ0v) is 12.5. The molecule has 1 rings (SSSR count). The van der Waals surface area contributed by atoms with Crippen LogP contribution in [0.25, 0.3) is 0 Å². The molecule has 0 aliphatic heterocycles. The minimum atomic E-state index is 0.307. The molecular formula is C14H23N5. The molecule has 1 aromatic rings. The molecule has 0 atom stereocenters. The molecule has 0 spiro atoms. The van der Waals surface area contributed by atoms with E-state index in [2.05, 4.69) is 41.7 Å². The Bertz CT molecular complexity index is 444. The van der Waals surface area contributed by atoms with Gasteiger partial charge in [0.2, 0.25) is 0 Å². The van der Waals surface area contributed by atoms with Gasteiger partial charge < -0.3 is 9.80 Å². The van der Waals surface area contributed by atoms with Crippen molar-refractivity contribution >= 4 is 11.6 Å². The molecule has 0 aliphatic carbocycles. The molecule has 0 radical (unpaired) electrons. The predicted molar refractivity (Wildman–Crippen MR) is 78.3 cm³/mol. The van der Waals surface area contributed by atoms with E-state index in [1.54, 1.807) is 6.33 Å². The molecule has 0 aliphatic rings. The number of anilines is 2. The third-order valence-corrected chi connectivity index (χ3v) is 2.93. The summed E-state index contributed by atoms with van der Waals surface area (Å²) in [5, 5.41) is 8.70. The van der Waals surface area contributed by atoms with E-state index in [0.717, 1.165) is 24.6 Å². The van der Waals surface area contributed by atoms with Crippen molar-refractivity contribution in [1.82, 2.24) is 9.97 Å². The fourth-order valence-corrected chi connectivity index (χ4v) is 1.56. The van der Waals surface area contributed by atoms with E-state index in [1.807, 2.05) is 25.1 Å². The number of aromatic nitrogens is 2. The second-order valence-corrected chi connectivity index (χ2v) is 5.98. The Morgan fingerprint density at radius 2 is 1.74 bits per heavy atom. The Balaban J connectivity index is 2.73. The van der Waals surface area contributed by atoms with Crippen molar-refractivity contribution in [2.45, 2.75) is 27.2 Å². The van der Waals surface area contributed by atoms with E-state index in [0.29, 0.717) is 12.0 Å². The minimum Gasteiger partial charge on any atom is -0.359 e. The van der Waals surface area contributed by atoms with Gasteiger partial charge in [-0.05, 0) is 11.8 Å². The largest absolute Gasteiger partial charge is 0.359 e. The molecule has 0 saturated heterocycles. The average molecular weight is 261 g/mol. The summed E-state index contributed by atoms with van der Waals surface area (Å²) in [4.78, 5) is 12.4. The number of nitriles is 1. The zero-order valence-electron chi connectivity index (χ0n) is 12.5. The molecule has 1 heterocycles. The second kappa shape index (κ2) is 6.37. The highest BCUT2D eigenvalue weighted by molar-refractivity contribution is 5.49. The van der Waals surface area contributed by atoms with E-state index in [4.69, 9.17) is 5.26 Å². The first-order valence-corrected chi connectivity index (χ1v) is 6.45. The zero-order chi connectivity index (χ0) is 14.5. The van der Waals surface area contributed by atoms with Crippen LogP contribution in [0.1, 0.15) is 27.2 Å². The lowest BCUT2D eigenvalue weighted by atomic mass is 9.92. The van der Waals surface area contributed by atoms with Gasteiger partial charge in [-0.2, -0.15) is 5.26 Å². The van der Waals surface area contributed by atoms with Crippen LogP contribution in [-0.2, 0) is 0 Å². The highest BCUT2D eigenvalue weighted by Gasteiger charge is 2.13. The summed E-state index contributed by atoms with van der Waals surface area (Å²) in [6.07, 6.45) is 2.64. The molecule has 0 N–H and O–H groups in total. The first-order valence-electron chi connectivity index (χ1n) is 6.45. The lowest BCUT2D eigenvalue weighted by molar-refractivity contribution is 0.381. The van der Waals surface area contributed by atoms with Crippen molar-refractivity contribution in [2.75, 3.05) is 37.0 Å². The van der Waals surface area contributed by atoms with Gasteiger partial charge in [-0.15, -0.1) is 0 Å². The Labute approximate surface area is 115 Å². The Morgan fingerprint density at radius 1 is 1.16 bits per heavy atom. The summed E-state index contributed by atoms with van der Waals surface area (Å²) in [7, 11) is 3.88. The summed E-state index contributed by atoms with van der Waals surface area (Å²) in [5.41, 5.74) is 0.307. The number of rotatable bonds is 5. The van der Waals surface area contributed by atoms with E-state index in [9.17, 15) is 0 Å². The van der Waals surface area contributed by atoms with Gasteiger partial charge in [-0.1, -0.05) is 20.8 Å². The number of nitrogens with zero attached hydrogens (tertiary/aromatic N) is 5. The maximum Gasteiger partial charge on any atom is 0.134 e. The molecule has 0 fully saturated rings. The lowest BCUT2D eigenvalue weighted by Gasteiger charge is -2.25. The standard InChI is InChI=1S/C14H23N5/c1-14(2,3)6-8-18(4)12-10-13(17-11-16-12)19(5)9-7-15/h10-11H,6,8-9H2,1-5H3. The molecule has 0 unspecified atom stereocenters. The maximum atomic E-state index is 8.70. The first kappa shape index (κ1) is 15.2. The highest BCUT2D eigenvalue weighted by Crippen LogP contribution is 2.21. The van der Waals surface area contributed by atoms with Crippen molar-refractivity contribution in [3.63, 3.8) is 0 Å². The smallest absolute Gasteiger partial charge is 0.134 e. The van der Waals surface area contributed by atoms with Crippen LogP contribution in [0.2, 0.25) is 0 Å². The van der Waals surface area contributed by atoms with Crippen molar-refractivity contribution in [1.29, 1.82) is 5.26 Å². The van der Waals surface area contributed by atoms with Gasteiger partial charge in [-0.25, -0.2) is 9.97 Å². The van der Waals surface area contributed by atoms with Gasteiger partial charge in [0.05, 0.1) is 6.07 Å². The van der Waals surface area contributed by atoms with Crippen molar-refractivity contribution < 1.29 is 0 Å². The van der Waals surface area contributed by atoms with Crippen LogP contribution in [0.3, 0.4) is 0 Å². The number of hydrogen-bond donors (Lipinski definition) is 0.